The molecule has 2 aromatic carbocycles. The summed E-state index contributed by atoms with van der Waals surface area (Å²) < 4.78 is 31.0. The van der Waals surface area contributed by atoms with Crippen molar-refractivity contribution in [3.05, 3.63) is 58.1 Å². The van der Waals surface area contributed by atoms with E-state index >= 15 is 0 Å². The number of carbonyl (C=O) groups excluding carboxylic acids is 1. The molecule has 0 saturated carbocycles. The lowest BCUT2D eigenvalue weighted by Crippen LogP contribution is -2.37. The van der Waals surface area contributed by atoms with Gasteiger partial charge in [-0.1, -0.05) is 12.1 Å². The molecule has 0 aromatic heterocycles. The fourth-order valence-electron chi connectivity index (χ4n) is 2.61. The highest BCUT2D eigenvalue weighted by molar-refractivity contribution is 7.92. The van der Waals surface area contributed by atoms with Crippen molar-refractivity contribution in [3.63, 3.8) is 0 Å². The smallest absolute Gasteiger partial charge is 0.271 e. The number of sulfonamides is 1. The molecule has 2 rings (SSSR count). The van der Waals surface area contributed by atoms with E-state index in [-0.39, 0.29) is 17.5 Å². The zero-order chi connectivity index (χ0) is 21.8. The standard InChI is InChI=1S/C19H23N3O6S/c1-13(2)28-17-7-5-6-15(10-17)20-19(23)12-21(29(4,26)27)18-11-16(22(24)25)9-8-14(18)3/h5-11,13H,12H2,1-4H3,(H,20,23). The van der Waals surface area contributed by atoms with Crippen LogP contribution in [0.3, 0.4) is 0 Å². The summed E-state index contributed by atoms with van der Waals surface area (Å²) in [6.45, 7) is 4.82. The predicted octanol–water partition coefficient (Wildman–Crippen LogP) is 3.10. The van der Waals surface area contributed by atoms with E-state index in [2.05, 4.69) is 5.32 Å². The van der Waals surface area contributed by atoms with Crippen LogP contribution in [0.5, 0.6) is 5.75 Å². The van der Waals surface area contributed by atoms with Gasteiger partial charge in [-0.25, -0.2) is 8.42 Å². The number of rotatable bonds is 8. The molecule has 0 aliphatic rings. The topological polar surface area (TPSA) is 119 Å². The first-order valence-electron chi connectivity index (χ1n) is 8.76. The number of anilines is 2. The lowest BCUT2D eigenvalue weighted by molar-refractivity contribution is -0.384. The van der Waals surface area contributed by atoms with Crippen molar-refractivity contribution in [1.29, 1.82) is 0 Å². The van der Waals surface area contributed by atoms with Crippen LogP contribution in [-0.4, -0.2) is 38.2 Å². The number of carbonyl (C=O) groups is 1. The quantitative estimate of drug-likeness (QED) is 0.517. The van der Waals surface area contributed by atoms with Crippen molar-refractivity contribution in [2.75, 3.05) is 22.4 Å². The molecule has 9 nitrogen and oxygen atoms in total. The average Bonchev–Trinajstić information content (AvgIpc) is 2.59. The third-order valence-electron chi connectivity index (χ3n) is 3.85. The van der Waals surface area contributed by atoms with Crippen LogP contribution in [0.25, 0.3) is 0 Å². The summed E-state index contributed by atoms with van der Waals surface area (Å²) in [5.41, 5.74) is 0.741. The highest BCUT2D eigenvalue weighted by Gasteiger charge is 2.24. The van der Waals surface area contributed by atoms with Crippen LogP contribution < -0.4 is 14.4 Å². The Morgan fingerprint density at radius 3 is 2.52 bits per heavy atom. The number of hydrogen-bond donors (Lipinski definition) is 1. The van der Waals surface area contributed by atoms with Gasteiger partial charge < -0.3 is 10.1 Å². The minimum Gasteiger partial charge on any atom is -0.491 e. The summed E-state index contributed by atoms with van der Waals surface area (Å²) in [6.07, 6.45) is 0.897. The number of aryl methyl sites for hydroxylation is 1. The zero-order valence-corrected chi connectivity index (χ0v) is 17.4. The van der Waals surface area contributed by atoms with Crippen LogP contribution in [0.15, 0.2) is 42.5 Å². The van der Waals surface area contributed by atoms with E-state index in [9.17, 15) is 23.3 Å². The molecule has 1 amide bonds. The Morgan fingerprint density at radius 1 is 1.24 bits per heavy atom. The molecular weight excluding hydrogens is 398 g/mol. The first-order chi connectivity index (χ1) is 13.5. The van der Waals surface area contributed by atoms with Crippen LogP contribution in [0.4, 0.5) is 17.1 Å². The van der Waals surface area contributed by atoms with Gasteiger partial charge >= 0.3 is 0 Å². The molecule has 0 aliphatic carbocycles. The van der Waals surface area contributed by atoms with Crippen molar-refractivity contribution in [3.8, 4) is 5.75 Å². The Kier molecular flexibility index (Phi) is 6.80. The van der Waals surface area contributed by atoms with E-state index in [1.807, 2.05) is 13.8 Å². The lowest BCUT2D eigenvalue weighted by atomic mass is 10.2. The van der Waals surface area contributed by atoms with E-state index in [1.165, 1.54) is 12.1 Å². The Hall–Kier alpha value is -3.14. The van der Waals surface area contributed by atoms with E-state index in [1.54, 1.807) is 31.2 Å². The fourth-order valence-corrected chi connectivity index (χ4v) is 3.52. The van der Waals surface area contributed by atoms with Crippen molar-refractivity contribution >= 4 is 33.0 Å². The molecule has 10 heteroatoms. The third kappa shape index (κ3) is 6.18. The number of nitro benzene ring substituents is 1. The summed E-state index contributed by atoms with van der Waals surface area (Å²) in [6, 6.07) is 10.6. The van der Waals surface area contributed by atoms with Gasteiger partial charge in [0.2, 0.25) is 15.9 Å². The van der Waals surface area contributed by atoms with Gasteiger partial charge in [-0.2, -0.15) is 0 Å². The number of hydrogen-bond acceptors (Lipinski definition) is 6. The molecule has 2 aromatic rings. The summed E-state index contributed by atoms with van der Waals surface area (Å²) in [5, 5.41) is 13.7. The van der Waals surface area contributed by atoms with Crippen molar-refractivity contribution in [2.45, 2.75) is 26.9 Å². The maximum absolute atomic E-state index is 12.5. The van der Waals surface area contributed by atoms with Gasteiger partial charge in [0.1, 0.15) is 12.3 Å². The van der Waals surface area contributed by atoms with Gasteiger partial charge in [0.25, 0.3) is 5.69 Å². The molecule has 1 N–H and O–H groups in total. The first-order valence-corrected chi connectivity index (χ1v) is 10.6. The number of non-ortho nitro benzene ring substituents is 1. The average molecular weight is 421 g/mol. The molecule has 0 spiro atoms. The number of nitro groups is 1. The fraction of sp³-hybridized carbons (Fsp3) is 0.316. The maximum Gasteiger partial charge on any atom is 0.271 e. The van der Waals surface area contributed by atoms with Crippen molar-refractivity contribution in [1.82, 2.24) is 0 Å². The Morgan fingerprint density at radius 2 is 1.93 bits per heavy atom. The van der Waals surface area contributed by atoms with Crippen LogP contribution in [-0.2, 0) is 14.8 Å². The molecule has 156 valence electrons. The summed E-state index contributed by atoms with van der Waals surface area (Å²) in [4.78, 5) is 22.9. The second-order valence-electron chi connectivity index (χ2n) is 6.74. The van der Waals surface area contributed by atoms with Crippen molar-refractivity contribution < 1.29 is 22.9 Å². The molecule has 0 saturated heterocycles. The number of benzene rings is 2. The Balaban J connectivity index is 2.27. The lowest BCUT2D eigenvalue weighted by Gasteiger charge is -2.23. The minimum atomic E-state index is -3.87. The molecule has 0 heterocycles. The van der Waals surface area contributed by atoms with E-state index in [4.69, 9.17) is 4.74 Å². The number of ether oxygens (including phenoxy) is 1. The van der Waals surface area contributed by atoms with Gasteiger partial charge in [0.15, 0.2) is 0 Å². The molecular formula is C19H23N3O6S. The molecule has 29 heavy (non-hydrogen) atoms. The second kappa shape index (κ2) is 8.91. The molecule has 0 aliphatic heterocycles. The van der Waals surface area contributed by atoms with Crippen LogP contribution in [0, 0.1) is 17.0 Å². The first kappa shape index (κ1) is 22.2. The van der Waals surface area contributed by atoms with E-state index in [0.29, 0.717) is 17.0 Å². The Bertz CT molecular complexity index is 1020. The molecule has 0 unspecified atom stereocenters. The van der Waals surface area contributed by atoms with E-state index in [0.717, 1.165) is 16.6 Å². The largest absolute Gasteiger partial charge is 0.491 e. The minimum absolute atomic E-state index is 0.0430. The van der Waals surface area contributed by atoms with Gasteiger partial charge in [-0.05, 0) is 38.5 Å². The van der Waals surface area contributed by atoms with Crippen LogP contribution in [0.2, 0.25) is 0 Å². The predicted molar refractivity (Wildman–Crippen MR) is 111 cm³/mol. The monoisotopic (exact) mass is 421 g/mol. The van der Waals surface area contributed by atoms with Crippen LogP contribution in [0.1, 0.15) is 19.4 Å². The summed E-state index contributed by atoms with van der Waals surface area (Å²) in [5.74, 6) is -0.0321. The van der Waals surface area contributed by atoms with Crippen molar-refractivity contribution in [2.24, 2.45) is 0 Å². The number of amides is 1. The van der Waals surface area contributed by atoms with Gasteiger partial charge in [0.05, 0.1) is 23.0 Å². The summed E-state index contributed by atoms with van der Waals surface area (Å²) >= 11 is 0. The molecule has 0 bridgehead atoms. The normalized spacial score (nSPS) is 11.2. The van der Waals surface area contributed by atoms with Gasteiger partial charge in [-0.3, -0.25) is 19.2 Å². The van der Waals surface area contributed by atoms with E-state index < -0.39 is 27.4 Å². The van der Waals surface area contributed by atoms with Crippen LogP contribution >= 0.6 is 0 Å². The van der Waals surface area contributed by atoms with Gasteiger partial charge in [-0.15, -0.1) is 0 Å². The summed E-state index contributed by atoms with van der Waals surface area (Å²) in [7, 11) is -3.87. The number of nitrogens with one attached hydrogen (secondary N) is 1. The number of nitrogens with zero attached hydrogens (tertiary/aromatic N) is 2. The third-order valence-corrected chi connectivity index (χ3v) is 4.98. The zero-order valence-electron chi connectivity index (χ0n) is 16.6. The molecule has 0 atom stereocenters. The van der Waals surface area contributed by atoms with Gasteiger partial charge in [0, 0.05) is 23.9 Å². The molecule has 0 radical (unpaired) electrons. The highest BCUT2D eigenvalue weighted by Crippen LogP contribution is 2.27. The maximum atomic E-state index is 12.5. The highest BCUT2D eigenvalue weighted by atomic mass is 32.2. The Labute approximate surface area is 169 Å². The second-order valence-corrected chi connectivity index (χ2v) is 8.65. The SMILES string of the molecule is Cc1ccc([N+](=O)[O-])cc1N(CC(=O)Nc1cccc(OC(C)C)c1)S(C)(=O)=O. The molecule has 0 fully saturated rings.